The molecular formula is C19H16N6O3S. The highest BCUT2D eigenvalue weighted by molar-refractivity contribution is 7.99. The van der Waals surface area contributed by atoms with Crippen molar-refractivity contribution in [1.82, 2.24) is 25.0 Å². The van der Waals surface area contributed by atoms with Crippen LogP contribution in [0.25, 0.3) is 17.1 Å². The monoisotopic (exact) mass is 408 g/mol. The van der Waals surface area contributed by atoms with Crippen molar-refractivity contribution in [3.05, 3.63) is 76.4 Å². The Morgan fingerprint density at radius 3 is 2.59 bits per heavy atom. The first-order chi connectivity index (χ1) is 14.0. The van der Waals surface area contributed by atoms with E-state index < -0.39 is 4.92 Å². The number of para-hydroxylation sites is 1. The van der Waals surface area contributed by atoms with E-state index in [4.69, 9.17) is 4.42 Å². The van der Waals surface area contributed by atoms with Crippen molar-refractivity contribution < 1.29 is 9.34 Å². The van der Waals surface area contributed by atoms with Gasteiger partial charge in [-0.3, -0.25) is 14.7 Å². The minimum absolute atomic E-state index is 0.00736. The van der Waals surface area contributed by atoms with Gasteiger partial charge in [-0.05, 0) is 37.6 Å². The number of hydrogen-bond acceptors (Lipinski definition) is 8. The van der Waals surface area contributed by atoms with Crippen LogP contribution in [-0.2, 0) is 0 Å². The zero-order valence-corrected chi connectivity index (χ0v) is 16.4. The number of aromatic nitrogens is 5. The van der Waals surface area contributed by atoms with Crippen LogP contribution in [0.15, 0.2) is 64.4 Å². The van der Waals surface area contributed by atoms with Gasteiger partial charge in [-0.2, -0.15) is 0 Å². The molecule has 4 rings (SSSR count). The number of thioether (sulfide) groups is 1. The lowest BCUT2D eigenvalue weighted by Crippen LogP contribution is -1.99. The van der Waals surface area contributed by atoms with Crippen LogP contribution in [0.4, 0.5) is 5.69 Å². The lowest BCUT2D eigenvalue weighted by Gasteiger charge is -2.10. The molecule has 2 aromatic heterocycles. The molecule has 0 saturated carbocycles. The summed E-state index contributed by atoms with van der Waals surface area (Å²) in [5.41, 5.74) is 2.74. The van der Waals surface area contributed by atoms with Gasteiger partial charge in [0, 0.05) is 17.7 Å². The number of hydrogen-bond donors (Lipinski definition) is 0. The zero-order chi connectivity index (χ0) is 20.4. The smallest absolute Gasteiger partial charge is 0.269 e. The Balaban J connectivity index is 1.54. The van der Waals surface area contributed by atoms with Crippen LogP contribution >= 0.6 is 11.8 Å². The van der Waals surface area contributed by atoms with Crippen molar-refractivity contribution >= 4 is 17.4 Å². The molecule has 0 bridgehead atoms. The predicted molar refractivity (Wildman–Crippen MR) is 107 cm³/mol. The van der Waals surface area contributed by atoms with E-state index in [9.17, 15) is 10.1 Å². The van der Waals surface area contributed by atoms with Gasteiger partial charge >= 0.3 is 0 Å². The average molecular weight is 408 g/mol. The van der Waals surface area contributed by atoms with Crippen LogP contribution in [0.3, 0.4) is 0 Å². The van der Waals surface area contributed by atoms with Crippen LogP contribution < -0.4 is 0 Å². The molecule has 10 heteroatoms. The zero-order valence-electron chi connectivity index (χ0n) is 15.6. The maximum atomic E-state index is 10.8. The van der Waals surface area contributed by atoms with Crippen molar-refractivity contribution in [2.24, 2.45) is 0 Å². The van der Waals surface area contributed by atoms with Crippen molar-refractivity contribution in [1.29, 1.82) is 0 Å². The molecule has 4 aromatic rings. The molecule has 1 atom stereocenters. The summed E-state index contributed by atoms with van der Waals surface area (Å²) in [6, 6.07) is 14.0. The van der Waals surface area contributed by atoms with Crippen molar-refractivity contribution in [2.45, 2.75) is 24.3 Å². The Labute approximate surface area is 170 Å². The van der Waals surface area contributed by atoms with Crippen molar-refractivity contribution in [3.8, 4) is 17.1 Å². The maximum absolute atomic E-state index is 10.8. The molecular weight excluding hydrogens is 392 g/mol. The molecule has 146 valence electrons. The Kier molecular flexibility index (Phi) is 5.09. The van der Waals surface area contributed by atoms with Gasteiger partial charge in [0.1, 0.15) is 6.33 Å². The summed E-state index contributed by atoms with van der Waals surface area (Å²) in [6.07, 6.45) is 1.67. The van der Waals surface area contributed by atoms with Gasteiger partial charge in [0.05, 0.1) is 15.9 Å². The van der Waals surface area contributed by atoms with Crippen molar-refractivity contribution in [3.63, 3.8) is 0 Å². The third kappa shape index (κ3) is 3.87. The van der Waals surface area contributed by atoms with Gasteiger partial charge in [0.25, 0.3) is 5.69 Å². The van der Waals surface area contributed by atoms with E-state index in [-0.39, 0.29) is 10.9 Å². The molecule has 0 saturated heterocycles. The Morgan fingerprint density at radius 2 is 1.86 bits per heavy atom. The highest BCUT2D eigenvalue weighted by Gasteiger charge is 2.20. The SMILES string of the molecule is Cc1ccccc1-n1cnnc1SC(C)c1nnc(-c2ccc([N+](=O)[O-])cc2)o1. The van der Waals surface area contributed by atoms with Gasteiger partial charge < -0.3 is 4.42 Å². The average Bonchev–Trinajstić information content (AvgIpc) is 3.38. The molecule has 0 radical (unpaired) electrons. The fourth-order valence-electron chi connectivity index (χ4n) is 2.75. The fraction of sp³-hybridized carbons (Fsp3) is 0.158. The summed E-state index contributed by atoms with van der Waals surface area (Å²) in [5.74, 6) is 0.741. The van der Waals surface area contributed by atoms with E-state index in [0.29, 0.717) is 22.5 Å². The molecule has 0 aliphatic heterocycles. The molecule has 9 nitrogen and oxygen atoms in total. The van der Waals surface area contributed by atoms with Crippen LogP contribution in [-0.4, -0.2) is 29.9 Å². The topological polar surface area (TPSA) is 113 Å². The second-order valence-corrected chi connectivity index (χ2v) is 7.59. The van der Waals surface area contributed by atoms with Crippen LogP contribution in [0.2, 0.25) is 0 Å². The number of benzene rings is 2. The summed E-state index contributed by atoms with van der Waals surface area (Å²) < 4.78 is 7.70. The first-order valence-corrected chi connectivity index (χ1v) is 9.62. The minimum atomic E-state index is -0.452. The summed E-state index contributed by atoms with van der Waals surface area (Å²) in [6.45, 7) is 3.97. The molecule has 0 fully saturated rings. The fourth-order valence-corrected chi connectivity index (χ4v) is 3.62. The third-order valence-corrected chi connectivity index (χ3v) is 5.33. The largest absolute Gasteiger partial charge is 0.419 e. The van der Waals surface area contributed by atoms with E-state index in [1.165, 1.54) is 23.9 Å². The van der Waals surface area contributed by atoms with Gasteiger partial charge in [0.15, 0.2) is 5.16 Å². The number of nitro groups is 1. The summed E-state index contributed by atoms with van der Waals surface area (Å²) >= 11 is 1.45. The van der Waals surface area contributed by atoms with Gasteiger partial charge in [-0.25, -0.2) is 0 Å². The lowest BCUT2D eigenvalue weighted by molar-refractivity contribution is -0.384. The van der Waals surface area contributed by atoms with Crippen molar-refractivity contribution in [2.75, 3.05) is 0 Å². The van der Waals surface area contributed by atoms with Gasteiger partial charge in [0.2, 0.25) is 11.8 Å². The number of non-ortho nitro benzene ring substituents is 1. The normalized spacial score (nSPS) is 12.1. The minimum Gasteiger partial charge on any atom is -0.419 e. The first-order valence-electron chi connectivity index (χ1n) is 8.74. The Morgan fingerprint density at radius 1 is 1.10 bits per heavy atom. The summed E-state index contributed by atoms with van der Waals surface area (Å²) in [4.78, 5) is 10.3. The second-order valence-electron chi connectivity index (χ2n) is 6.28. The summed E-state index contributed by atoms with van der Waals surface area (Å²) in [7, 11) is 0. The lowest BCUT2D eigenvalue weighted by atomic mass is 10.2. The van der Waals surface area contributed by atoms with E-state index >= 15 is 0 Å². The molecule has 2 heterocycles. The van der Waals surface area contributed by atoms with E-state index in [2.05, 4.69) is 20.4 Å². The second kappa shape index (κ2) is 7.84. The predicted octanol–water partition coefficient (Wildman–Crippen LogP) is 4.39. The Bertz CT molecular complexity index is 1150. The first kappa shape index (κ1) is 18.8. The molecule has 1 unspecified atom stereocenters. The molecule has 0 N–H and O–H groups in total. The third-order valence-electron chi connectivity index (χ3n) is 4.29. The number of nitrogens with zero attached hydrogens (tertiary/aromatic N) is 6. The van der Waals surface area contributed by atoms with Gasteiger partial charge in [-0.15, -0.1) is 20.4 Å². The number of rotatable bonds is 6. The quantitative estimate of drug-likeness (QED) is 0.262. The van der Waals surface area contributed by atoms with E-state index in [1.54, 1.807) is 18.5 Å². The molecule has 2 aromatic carbocycles. The highest BCUT2D eigenvalue weighted by atomic mass is 32.2. The number of nitro benzene ring substituents is 1. The molecule has 0 amide bonds. The van der Waals surface area contributed by atoms with Crippen LogP contribution in [0.5, 0.6) is 0 Å². The maximum Gasteiger partial charge on any atom is 0.269 e. The van der Waals surface area contributed by atoms with E-state index in [1.807, 2.05) is 42.7 Å². The summed E-state index contributed by atoms with van der Waals surface area (Å²) in [5, 5.41) is 27.8. The van der Waals surface area contributed by atoms with E-state index in [0.717, 1.165) is 11.3 Å². The molecule has 0 spiro atoms. The number of aryl methyl sites for hydroxylation is 1. The molecule has 0 aliphatic rings. The van der Waals surface area contributed by atoms with Gasteiger partial charge in [-0.1, -0.05) is 30.0 Å². The highest BCUT2D eigenvalue weighted by Crippen LogP contribution is 2.35. The molecule has 29 heavy (non-hydrogen) atoms. The Hall–Kier alpha value is -3.53. The molecule has 0 aliphatic carbocycles. The van der Waals surface area contributed by atoms with Crippen LogP contribution in [0, 0.1) is 17.0 Å². The standard InChI is InChI=1S/C19H16N6O3S/c1-12-5-3-4-6-16(12)24-11-20-23-19(24)29-13(2)17-21-22-18(28-17)14-7-9-15(10-8-14)25(26)27/h3-11,13H,1-2H3. The van der Waals surface area contributed by atoms with Crippen LogP contribution in [0.1, 0.15) is 23.6 Å².